The molecule has 0 bridgehead atoms. The standard InChI is InChI=1S/C15H15FN2O2.C4H6S/c1-17-13(19)11-7-9-3-4-10(15(16)5-2-6-15)8-12(9)18-14(11)20;1-2-4-5-3-1/h3-4,7-8H,2,5-6H2,1H3,(H,17,19)(H,18,20);1,3H,2,4H2. The molecule has 25 heavy (non-hydrogen) atoms. The van der Waals surface area contributed by atoms with Crippen molar-refractivity contribution < 1.29 is 9.18 Å². The molecule has 1 aromatic carbocycles. The summed E-state index contributed by atoms with van der Waals surface area (Å²) in [5.41, 5.74) is -0.504. The van der Waals surface area contributed by atoms with Crippen LogP contribution in [-0.2, 0) is 5.67 Å². The van der Waals surface area contributed by atoms with Crippen LogP contribution in [0.1, 0.15) is 41.6 Å². The molecule has 1 aromatic heterocycles. The number of H-pyrrole nitrogens is 1. The Morgan fingerprint density at radius 3 is 2.64 bits per heavy atom. The van der Waals surface area contributed by atoms with Crippen molar-refractivity contribution in [3.8, 4) is 0 Å². The minimum Gasteiger partial charge on any atom is -0.355 e. The van der Waals surface area contributed by atoms with Gasteiger partial charge < -0.3 is 10.3 Å². The molecule has 1 saturated carbocycles. The number of fused-ring (bicyclic) bond motifs is 1. The predicted molar refractivity (Wildman–Crippen MR) is 101 cm³/mol. The average Bonchev–Trinajstić information content (AvgIpc) is 3.17. The molecule has 1 amide bonds. The fraction of sp³-hybridized carbons (Fsp3) is 0.368. The number of hydrogen-bond acceptors (Lipinski definition) is 3. The molecule has 2 heterocycles. The monoisotopic (exact) mass is 360 g/mol. The molecule has 0 unspecified atom stereocenters. The number of amides is 1. The van der Waals surface area contributed by atoms with E-state index in [1.165, 1.54) is 25.3 Å². The van der Waals surface area contributed by atoms with E-state index in [1.54, 1.807) is 18.2 Å². The first kappa shape index (κ1) is 17.7. The van der Waals surface area contributed by atoms with E-state index in [-0.39, 0.29) is 5.56 Å². The van der Waals surface area contributed by atoms with E-state index in [2.05, 4.69) is 21.8 Å². The van der Waals surface area contributed by atoms with Crippen molar-refractivity contribution in [3.05, 3.63) is 57.2 Å². The zero-order valence-corrected chi connectivity index (χ0v) is 14.9. The van der Waals surface area contributed by atoms with E-state index in [4.69, 9.17) is 0 Å². The van der Waals surface area contributed by atoms with Gasteiger partial charge in [0, 0.05) is 18.3 Å². The van der Waals surface area contributed by atoms with E-state index in [0.29, 0.717) is 23.9 Å². The van der Waals surface area contributed by atoms with Gasteiger partial charge in [0.05, 0.1) is 0 Å². The highest BCUT2D eigenvalue weighted by Crippen LogP contribution is 2.45. The first-order valence-electron chi connectivity index (χ1n) is 8.39. The van der Waals surface area contributed by atoms with Gasteiger partial charge in [-0.15, -0.1) is 11.8 Å². The zero-order chi connectivity index (χ0) is 17.9. The molecule has 1 fully saturated rings. The van der Waals surface area contributed by atoms with Gasteiger partial charge in [0.1, 0.15) is 11.2 Å². The predicted octanol–water partition coefficient (Wildman–Crippen LogP) is 3.87. The van der Waals surface area contributed by atoms with Crippen LogP contribution in [0.25, 0.3) is 10.9 Å². The van der Waals surface area contributed by atoms with Gasteiger partial charge >= 0.3 is 0 Å². The van der Waals surface area contributed by atoms with Gasteiger partial charge in [0.25, 0.3) is 11.5 Å². The third-order valence-electron chi connectivity index (χ3n) is 4.58. The van der Waals surface area contributed by atoms with E-state index in [0.717, 1.165) is 11.8 Å². The second-order valence-corrected chi connectivity index (χ2v) is 7.26. The minimum atomic E-state index is -1.26. The van der Waals surface area contributed by atoms with Gasteiger partial charge in [-0.2, -0.15) is 0 Å². The van der Waals surface area contributed by atoms with Crippen LogP contribution in [0.4, 0.5) is 4.39 Å². The molecule has 1 aliphatic heterocycles. The second-order valence-electron chi connectivity index (χ2n) is 6.24. The molecule has 4 rings (SSSR count). The molecular weight excluding hydrogens is 339 g/mol. The van der Waals surface area contributed by atoms with Gasteiger partial charge in [-0.1, -0.05) is 18.2 Å². The lowest BCUT2D eigenvalue weighted by atomic mass is 9.76. The SMILES string of the molecule is C1=CSCC1.CNC(=O)c1cc2ccc(C3(F)CCC3)cc2[nH]c1=O. The summed E-state index contributed by atoms with van der Waals surface area (Å²) >= 11 is 1.89. The number of hydrogen-bond donors (Lipinski definition) is 2. The van der Waals surface area contributed by atoms with Crippen molar-refractivity contribution in [1.29, 1.82) is 0 Å². The fourth-order valence-electron chi connectivity index (χ4n) is 2.90. The van der Waals surface area contributed by atoms with Crippen LogP contribution in [0.5, 0.6) is 0 Å². The summed E-state index contributed by atoms with van der Waals surface area (Å²) in [5.74, 6) is 0.873. The van der Waals surface area contributed by atoms with Crippen LogP contribution in [0.2, 0.25) is 0 Å². The number of rotatable bonds is 2. The number of pyridine rings is 1. The lowest BCUT2D eigenvalue weighted by Crippen LogP contribution is -2.29. The smallest absolute Gasteiger partial charge is 0.261 e. The number of halogens is 1. The number of allylic oxidation sites excluding steroid dienone is 1. The minimum absolute atomic E-state index is 0.0614. The van der Waals surface area contributed by atoms with Gasteiger partial charge in [-0.3, -0.25) is 9.59 Å². The molecule has 0 spiro atoms. The molecule has 2 N–H and O–H groups in total. The van der Waals surface area contributed by atoms with Crippen molar-refractivity contribution in [2.45, 2.75) is 31.4 Å². The Balaban J connectivity index is 0.000000314. The van der Waals surface area contributed by atoms with E-state index >= 15 is 0 Å². The van der Waals surface area contributed by atoms with Gasteiger partial charge in [0.2, 0.25) is 0 Å². The van der Waals surface area contributed by atoms with E-state index < -0.39 is 17.1 Å². The number of aromatic nitrogens is 1. The highest BCUT2D eigenvalue weighted by atomic mass is 32.2. The Hall–Kier alpha value is -2.08. The maximum atomic E-state index is 14.4. The number of thioether (sulfide) groups is 1. The lowest BCUT2D eigenvalue weighted by molar-refractivity contribution is 0.0610. The number of aromatic amines is 1. The fourth-order valence-corrected chi connectivity index (χ4v) is 3.58. The molecule has 2 aliphatic rings. The van der Waals surface area contributed by atoms with Crippen molar-refractivity contribution in [3.63, 3.8) is 0 Å². The van der Waals surface area contributed by atoms with Gasteiger partial charge in [-0.05, 0) is 54.2 Å². The average molecular weight is 360 g/mol. The largest absolute Gasteiger partial charge is 0.355 e. The summed E-state index contributed by atoms with van der Waals surface area (Å²) in [6.45, 7) is 0. The summed E-state index contributed by atoms with van der Waals surface area (Å²) < 4.78 is 14.4. The molecule has 0 radical (unpaired) electrons. The first-order chi connectivity index (χ1) is 12.0. The number of alkyl halides is 1. The molecule has 2 aromatic rings. The summed E-state index contributed by atoms with van der Waals surface area (Å²) in [4.78, 5) is 26.1. The van der Waals surface area contributed by atoms with Crippen LogP contribution in [0.15, 0.2) is 40.5 Å². The molecule has 4 nitrogen and oxygen atoms in total. The quantitative estimate of drug-likeness (QED) is 0.854. The van der Waals surface area contributed by atoms with Crippen LogP contribution in [0.3, 0.4) is 0 Å². The summed E-state index contributed by atoms with van der Waals surface area (Å²) in [6.07, 6.45) is 5.42. The Labute approximate surface area is 149 Å². The third kappa shape index (κ3) is 3.79. The van der Waals surface area contributed by atoms with Gasteiger partial charge in [-0.25, -0.2) is 4.39 Å². The Kier molecular flexibility index (Phi) is 5.27. The van der Waals surface area contributed by atoms with Crippen molar-refractivity contribution in [2.24, 2.45) is 0 Å². The first-order valence-corrected chi connectivity index (χ1v) is 9.43. The lowest BCUT2D eigenvalue weighted by Gasteiger charge is -2.34. The molecule has 132 valence electrons. The molecule has 0 saturated heterocycles. The Morgan fingerprint density at radius 2 is 2.12 bits per heavy atom. The summed E-state index contributed by atoms with van der Waals surface area (Å²) in [5, 5.41) is 5.29. The van der Waals surface area contributed by atoms with Crippen molar-refractivity contribution in [2.75, 3.05) is 12.8 Å². The maximum Gasteiger partial charge on any atom is 0.261 e. The van der Waals surface area contributed by atoms with Crippen molar-refractivity contribution in [1.82, 2.24) is 10.3 Å². The van der Waals surface area contributed by atoms with E-state index in [9.17, 15) is 14.0 Å². The number of benzene rings is 1. The maximum absolute atomic E-state index is 14.4. The second kappa shape index (κ2) is 7.44. The summed E-state index contributed by atoms with van der Waals surface area (Å²) in [6, 6.07) is 6.67. The molecular formula is C19H21FN2O2S. The van der Waals surface area contributed by atoms with Gasteiger partial charge in [0.15, 0.2) is 0 Å². The number of carbonyl (C=O) groups is 1. The van der Waals surface area contributed by atoms with Crippen LogP contribution < -0.4 is 10.9 Å². The van der Waals surface area contributed by atoms with E-state index in [1.807, 2.05) is 11.8 Å². The van der Waals surface area contributed by atoms with Crippen LogP contribution in [0, 0.1) is 0 Å². The van der Waals surface area contributed by atoms with Crippen molar-refractivity contribution >= 4 is 28.6 Å². The Bertz CT molecular complexity index is 865. The third-order valence-corrected chi connectivity index (χ3v) is 5.43. The normalized spacial score (nSPS) is 17.5. The number of carbonyl (C=O) groups excluding carboxylic acids is 1. The van der Waals surface area contributed by atoms with Crippen LogP contribution >= 0.6 is 11.8 Å². The van der Waals surface area contributed by atoms with Crippen LogP contribution in [-0.4, -0.2) is 23.7 Å². The molecule has 1 aliphatic carbocycles. The topological polar surface area (TPSA) is 62.0 Å². The number of nitrogens with one attached hydrogen (secondary N) is 2. The molecule has 0 atom stereocenters. The highest BCUT2D eigenvalue weighted by Gasteiger charge is 2.38. The Morgan fingerprint density at radius 1 is 1.32 bits per heavy atom. The molecule has 6 heteroatoms. The zero-order valence-electron chi connectivity index (χ0n) is 14.1. The summed E-state index contributed by atoms with van der Waals surface area (Å²) in [7, 11) is 1.47. The highest BCUT2D eigenvalue weighted by molar-refractivity contribution is 8.02.